The number of anilines is 3. The molecule has 0 unspecified atom stereocenters. The molecular weight excluding hydrogens is 372 g/mol. The van der Waals surface area contributed by atoms with E-state index in [0.29, 0.717) is 16.5 Å². The molecular formula is C21H20N4O2S. The zero-order valence-electron chi connectivity index (χ0n) is 15.4. The summed E-state index contributed by atoms with van der Waals surface area (Å²) in [6.07, 6.45) is 1.07. The average Bonchev–Trinajstić information content (AvgIpc) is 3.25. The zero-order chi connectivity index (χ0) is 19.5. The maximum absolute atomic E-state index is 12.9. The summed E-state index contributed by atoms with van der Waals surface area (Å²) in [5.74, 6) is 0.0167. The molecule has 0 radical (unpaired) electrons. The molecule has 0 spiro atoms. The second-order valence-corrected chi connectivity index (χ2v) is 7.57. The van der Waals surface area contributed by atoms with Gasteiger partial charge in [-0.25, -0.2) is 9.78 Å². The fourth-order valence-electron chi connectivity index (χ4n) is 3.41. The van der Waals surface area contributed by atoms with Gasteiger partial charge in [0.25, 0.3) is 0 Å². The van der Waals surface area contributed by atoms with Crippen LogP contribution < -0.4 is 15.5 Å². The summed E-state index contributed by atoms with van der Waals surface area (Å²) in [5.41, 5.74) is 3.53. The van der Waals surface area contributed by atoms with Crippen LogP contribution in [-0.2, 0) is 17.6 Å². The van der Waals surface area contributed by atoms with Gasteiger partial charge in [0.2, 0.25) is 5.91 Å². The Morgan fingerprint density at radius 1 is 1.11 bits per heavy atom. The van der Waals surface area contributed by atoms with Crippen molar-refractivity contribution in [3.05, 3.63) is 71.2 Å². The molecule has 0 aliphatic carbocycles. The van der Waals surface area contributed by atoms with Crippen LogP contribution >= 0.6 is 11.3 Å². The number of hydrogen-bond donors (Lipinski definition) is 2. The van der Waals surface area contributed by atoms with Gasteiger partial charge < -0.3 is 10.2 Å². The van der Waals surface area contributed by atoms with Crippen molar-refractivity contribution in [3.8, 4) is 0 Å². The smallest absolute Gasteiger partial charge is 0.309 e. The number of aromatic nitrogens is 1. The Bertz CT molecular complexity index is 1000. The number of benzene rings is 2. The summed E-state index contributed by atoms with van der Waals surface area (Å²) in [4.78, 5) is 31.2. The van der Waals surface area contributed by atoms with Crippen LogP contribution in [0.1, 0.15) is 18.2 Å². The molecule has 1 atom stereocenters. The van der Waals surface area contributed by atoms with Crippen molar-refractivity contribution in [2.45, 2.75) is 25.8 Å². The minimum absolute atomic E-state index is 0.0167. The Hall–Kier alpha value is -3.19. The van der Waals surface area contributed by atoms with E-state index in [1.807, 2.05) is 46.7 Å². The molecule has 1 aliphatic rings. The number of hydrogen-bond acceptors (Lipinski definition) is 4. The van der Waals surface area contributed by atoms with E-state index in [4.69, 9.17) is 0 Å². The van der Waals surface area contributed by atoms with E-state index >= 15 is 0 Å². The number of carbonyl (C=O) groups excluding carboxylic acids is 2. The molecule has 0 saturated carbocycles. The van der Waals surface area contributed by atoms with Crippen LogP contribution in [0.25, 0.3) is 0 Å². The van der Waals surface area contributed by atoms with Crippen molar-refractivity contribution in [1.29, 1.82) is 0 Å². The first-order chi connectivity index (χ1) is 13.6. The van der Waals surface area contributed by atoms with E-state index in [2.05, 4.69) is 28.6 Å². The number of carbonyl (C=O) groups is 2. The lowest BCUT2D eigenvalue weighted by Crippen LogP contribution is -2.36. The Kier molecular flexibility index (Phi) is 5.08. The first kappa shape index (κ1) is 18.2. The molecule has 1 aromatic heterocycles. The van der Waals surface area contributed by atoms with E-state index in [1.165, 1.54) is 16.9 Å². The highest BCUT2D eigenvalue weighted by Crippen LogP contribution is 2.32. The van der Waals surface area contributed by atoms with Gasteiger partial charge in [0.15, 0.2) is 5.13 Å². The Labute approximate surface area is 167 Å². The van der Waals surface area contributed by atoms with Crippen molar-refractivity contribution in [3.63, 3.8) is 0 Å². The van der Waals surface area contributed by atoms with Gasteiger partial charge >= 0.3 is 6.03 Å². The largest absolute Gasteiger partial charge is 0.325 e. The predicted octanol–water partition coefficient (Wildman–Crippen LogP) is 4.31. The standard InChI is InChI=1S/C21H20N4O2S/c1-14-11-15-7-5-6-10-18(15)25(14)19(26)12-17-13-28-21(23-17)24-20(27)22-16-8-3-2-4-9-16/h2-10,13-14H,11-12H2,1H3,(H2,22,23,24,27)/t14-/m1/s1. The Balaban J connectivity index is 1.38. The lowest BCUT2D eigenvalue weighted by Gasteiger charge is -2.22. The van der Waals surface area contributed by atoms with Gasteiger partial charge in [-0.1, -0.05) is 36.4 Å². The first-order valence-electron chi connectivity index (χ1n) is 9.07. The molecule has 3 aromatic rings. The molecule has 6 nitrogen and oxygen atoms in total. The molecule has 142 valence electrons. The molecule has 3 amide bonds. The molecule has 2 N–H and O–H groups in total. The van der Waals surface area contributed by atoms with E-state index in [-0.39, 0.29) is 24.4 Å². The van der Waals surface area contributed by atoms with Crippen LogP contribution in [-0.4, -0.2) is 23.0 Å². The van der Waals surface area contributed by atoms with Crippen molar-refractivity contribution in [2.75, 3.05) is 15.5 Å². The third-order valence-corrected chi connectivity index (χ3v) is 5.42. The highest BCUT2D eigenvalue weighted by molar-refractivity contribution is 7.14. The maximum Gasteiger partial charge on any atom is 0.325 e. The Morgan fingerprint density at radius 3 is 2.68 bits per heavy atom. The molecule has 0 bridgehead atoms. The third-order valence-electron chi connectivity index (χ3n) is 4.61. The lowest BCUT2D eigenvalue weighted by atomic mass is 10.1. The van der Waals surface area contributed by atoms with Crippen molar-refractivity contribution >= 4 is 39.8 Å². The van der Waals surface area contributed by atoms with Crippen LogP contribution in [0.2, 0.25) is 0 Å². The maximum atomic E-state index is 12.9. The van der Waals surface area contributed by atoms with Crippen LogP contribution in [0.4, 0.5) is 21.3 Å². The SMILES string of the molecule is C[C@@H]1Cc2ccccc2N1C(=O)Cc1csc(NC(=O)Nc2ccccc2)n1. The van der Waals surface area contributed by atoms with Gasteiger partial charge in [-0.3, -0.25) is 10.1 Å². The first-order valence-corrected chi connectivity index (χ1v) is 9.95. The number of para-hydroxylation sites is 2. The molecule has 1 aliphatic heterocycles. The predicted molar refractivity (Wildman–Crippen MR) is 112 cm³/mol. The molecule has 4 rings (SSSR count). The van der Waals surface area contributed by atoms with Gasteiger partial charge in [0, 0.05) is 22.8 Å². The summed E-state index contributed by atoms with van der Waals surface area (Å²) >= 11 is 1.31. The number of nitrogens with one attached hydrogen (secondary N) is 2. The zero-order valence-corrected chi connectivity index (χ0v) is 16.2. The number of thiazole rings is 1. The highest BCUT2D eigenvalue weighted by atomic mass is 32.1. The molecule has 0 saturated heterocycles. The number of urea groups is 1. The summed E-state index contributed by atoms with van der Waals surface area (Å²) in [6, 6.07) is 17.0. The normalized spacial score (nSPS) is 15.2. The number of rotatable bonds is 4. The van der Waals surface area contributed by atoms with Crippen molar-refractivity contribution < 1.29 is 9.59 Å². The van der Waals surface area contributed by atoms with Crippen LogP contribution in [0, 0.1) is 0 Å². The van der Waals surface area contributed by atoms with E-state index < -0.39 is 0 Å². The van der Waals surface area contributed by atoms with E-state index in [0.717, 1.165) is 12.1 Å². The van der Waals surface area contributed by atoms with E-state index in [9.17, 15) is 9.59 Å². The van der Waals surface area contributed by atoms with Gasteiger partial charge in [0.1, 0.15) is 0 Å². The molecule has 7 heteroatoms. The van der Waals surface area contributed by atoms with Gasteiger partial charge in [0.05, 0.1) is 12.1 Å². The second kappa shape index (κ2) is 7.82. The lowest BCUT2D eigenvalue weighted by molar-refractivity contribution is -0.118. The number of amides is 3. The quantitative estimate of drug-likeness (QED) is 0.695. The average molecular weight is 392 g/mol. The summed E-state index contributed by atoms with van der Waals surface area (Å²) in [5, 5.41) is 7.73. The molecule has 28 heavy (non-hydrogen) atoms. The molecule has 2 heterocycles. The topological polar surface area (TPSA) is 74.3 Å². The molecule has 2 aromatic carbocycles. The van der Waals surface area contributed by atoms with Crippen LogP contribution in [0.3, 0.4) is 0 Å². The number of fused-ring (bicyclic) bond motifs is 1. The summed E-state index contributed by atoms with van der Waals surface area (Å²) < 4.78 is 0. The molecule has 0 fully saturated rings. The second-order valence-electron chi connectivity index (χ2n) is 6.71. The van der Waals surface area contributed by atoms with Crippen LogP contribution in [0.15, 0.2) is 60.0 Å². The summed E-state index contributed by atoms with van der Waals surface area (Å²) in [7, 11) is 0. The van der Waals surface area contributed by atoms with Gasteiger partial charge in [-0.2, -0.15) is 0 Å². The van der Waals surface area contributed by atoms with Crippen LogP contribution in [0.5, 0.6) is 0 Å². The van der Waals surface area contributed by atoms with Gasteiger partial charge in [-0.05, 0) is 37.1 Å². The van der Waals surface area contributed by atoms with E-state index in [1.54, 1.807) is 12.1 Å². The van der Waals surface area contributed by atoms with Crippen molar-refractivity contribution in [1.82, 2.24) is 4.98 Å². The summed E-state index contributed by atoms with van der Waals surface area (Å²) in [6.45, 7) is 2.06. The minimum Gasteiger partial charge on any atom is -0.309 e. The fraction of sp³-hybridized carbons (Fsp3) is 0.190. The Morgan fingerprint density at radius 2 is 1.86 bits per heavy atom. The highest BCUT2D eigenvalue weighted by Gasteiger charge is 2.30. The fourth-order valence-corrected chi connectivity index (χ4v) is 4.12. The van der Waals surface area contributed by atoms with Gasteiger partial charge in [-0.15, -0.1) is 11.3 Å². The monoisotopic (exact) mass is 392 g/mol. The third kappa shape index (κ3) is 3.89. The van der Waals surface area contributed by atoms with Crippen molar-refractivity contribution in [2.24, 2.45) is 0 Å². The minimum atomic E-state index is -0.361. The number of nitrogens with zero attached hydrogens (tertiary/aromatic N) is 2.